The molecular formula is C79H88N14O15. The number of carbonyl (C=O) groups excluding carboxylic acids is 9. The van der Waals surface area contributed by atoms with E-state index in [-0.39, 0.29) is 97.2 Å². The third-order valence-corrected chi connectivity index (χ3v) is 20.5. The molecule has 108 heavy (non-hydrogen) atoms. The van der Waals surface area contributed by atoms with Crippen LogP contribution in [0.2, 0.25) is 0 Å². The number of benzene rings is 5. The molecule has 7 heterocycles. The van der Waals surface area contributed by atoms with E-state index >= 15 is 0 Å². The predicted octanol–water partition coefficient (Wildman–Crippen LogP) is 8.06. The van der Waals surface area contributed by atoms with E-state index in [1.165, 1.54) is 33.3 Å². The quantitative estimate of drug-likeness (QED) is 0.0266. The molecule has 7 N–H and O–H groups in total. The van der Waals surface area contributed by atoms with Gasteiger partial charge in [-0.1, -0.05) is 79.7 Å². The topological polar surface area (TPSA) is 349 Å². The van der Waals surface area contributed by atoms with Gasteiger partial charge in [-0.15, -0.1) is 5.10 Å². The standard InChI is InChI=1S/C79H88N14O15/c1-44(2)70(86-68(96)39-83-67(95)38-82-66(94)24-25-69(97)90-40-50-14-9-10-15-54(50)71-72(93(45(3)4)88-87-71)55-16-11-12-17-59(55)90)74(99)84-47(6)73(98)85-52-22-19-48(20-23-52)42-108-78(103)92-60-34-65(63(105-8)32-57(60)76(101)91-43-79(26-27-79)35-61(91)77(92)102)107-29-13-28-106-64-33-58-56(31-62(64)104-7)75(100)89-41-51(30-53(89)37-81-58)49-21-18-46(5)80-36-49/h9-12,14-23,31-34,36,41,44-45,47,53,61,70,77,81,102H,13,24-30,35,37-40,42-43H2,1-8H3,(H,82,94)(H,83,95)(H,84,99)(H,85,98)(H,86,96)/t47-,53-,61-,70-,77?/m0/s1. The molecule has 5 aromatic carbocycles. The van der Waals surface area contributed by atoms with Crippen molar-refractivity contribution in [1.82, 2.24) is 51.0 Å². The van der Waals surface area contributed by atoms with Gasteiger partial charge in [0.05, 0.1) is 93.0 Å². The van der Waals surface area contributed by atoms with Crippen LogP contribution in [0, 0.1) is 18.3 Å². The number of ether oxygens (including phenoxy) is 5. The van der Waals surface area contributed by atoms with E-state index in [2.05, 4.69) is 47.2 Å². The largest absolute Gasteiger partial charge is 0.493 e. The summed E-state index contributed by atoms with van der Waals surface area (Å²) in [5.74, 6) is -3.33. The van der Waals surface area contributed by atoms with E-state index in [0.717, 1.165) is 57.0 Å². The number of carbonyl (C=O) groups is 9. The van der Waals surface area contributed by atoms with Crippen molar-refractivity contribution in [3.05, 3.63) is 155 Å². The van der Waals surface area contributed by atoms with Crippen molar-refractivity contribution < 1.29 is 71.9 Å². The molecule has 1 unspecified atom stereocenters. The Hall–Kier alpha value is -11.9. The molecule has 2 aromatic heterocycles. The number of fused-ring (bicyclic) bond motifs is 9. The number of aliphatic hydroxyl groups excluding tert-OH is 1. The molecule has 1 spiro atoms. The van der Waals surface area contributed by atoms with Crippen LogP contribution in [0.4, 0.5) is 27.5 Å². The maximum atomic E-state index is 14.5. The zero-order valence-electron chi connectivity index (χ0n) is 61.4. The van der Waals surface area contributed by atoms with Crippen LogP contribution < -0.4 is 60.6 Å². The van der Waals surface area contributed by atoms with E-state index in [1.807, 2.05) is 98.5 Å². The van der Waals surface area contributed by atoms with Crippen molar-refractivity contribution in [2.75, 3.05) is 74.0 Å². The van der Waals surface area contributed by atoms with Crippen LogP contribution in [-0.4, -0.2) is 172 Å². The fraction of sp³-hybridized carbons (Fsp3) is 0.392. The van der Waals surface area contributed by atoms with Crippen molar-refractivity contribution in [3.63, 3.8) is 0 Å². The number of para-hydroxylation sites is 1. The van der Waals surface area contributed by atoms with Gasteiger partial charge in [0.25, 0.3) is 11.8 Å². The van der Waals surface area contributed by atoms with Crippen LogP contribution in [0.5, 0.6) is 23.0 Å². The lowest BCUT2D eigenvalue weighted by molar-refractivity contribution is -0.132. The van der Waals surface area contributed by atoms with Crippen LogP contribution >= 0.6 is 0 Å². The molecule has 0 radical (unpaired) electrons. The maximum Gasteiger partial charge on any atom is 0.416 e. The summed E-state index contributed by atoms with van der Waals surface area (Å²) in [6, 6.07) is 28.9. The highest BCUT2D eigenvalue weighted by Gasteiger charge is 2.58. The summed E-state index contributed by atoms with van der Waals surface area (Å²) in [5.41, 5.74) is 9.41. The van der Waals surface area contributed by atoms with E-state index in [1.54, 1.807) is 64.9 Å². The number of anilines is 4. The summed E-state index contributed by atoms with van der Waals surface area (Å²) >= 11 is 0. The fourth-order valence-corrected chi connectivity index (χ4v) is 14.4. The monoisotopic (exact) mass is 1470 g/mol. The molecule has 6 aliphatic rings. The Morgan fingerprint density at radius 2 is 1.42 bits per heavy atom. The van der Waals surface area contributed by atoms with Gasteiger partial charge >= 0.3 is 6.09 Å². The van der Waals surface area contributed by atoms with Crippen molar-refractivity contribution in [1.29, 1.82) is 0 Å². The van der Waals surface area contributed by atoms with E-state index in [0.29, 0.717) is 77.7 Å². The smallest absolute Gasteiger partial charge is 0.416 e. The predicted molar refractivity (Wildman–Crippen MR) is 399 cm³/mol. The zero-order valence-corrected chi connectivity index (χ0v) is 61.4. The number of aliphatic hydroxyl groups is 1. The molecule has 7 aromatic rings. The molecule has 13 rings (SSSR count). The zero-order chi connectivity index (χ0) is 76.2. The molecule has 1 aliphatic carbocycles. The number of aryl methyl sites for hydroxylation is 1. The Morgan fingerprint density at radius 1 is 0.722 bits per heavy atom. The third-order valence-electron chi connectivity index (χ3n) is 20.5. The lowest BCUT2D eigenvalue weighted by atomic mass is 9.95. The normalized spacial score (nSPS) is 17.6. The number of hydrogen-bond donors (Lipinski definition) is 7. The SMILES string of the molecule is COc1cc2c(cc1OCCCOc1cc3c(cc1OC)C(=O)N1CC4(CC4)C[C@H]1C(O)N3C(=O)OCc1ccc(NC(=O)[C@H](C)NC(=O)[C@@H](NC(=O)CNC(=O)CNC(=O)CCC(=O)N3Cc4ccccc4-c4nnn(C(C)C)c4-c4ccccc43)C(C)C)cc1)NC[C@@H]1CC(c3ccc(C)nc3)=CN1C2=O. The van der Waals surface area contributed by atoms with E-state index < -0.39 is 79.0 Å². The van der Waals surface area contributed by atoms with Gasteiger partial charge in [-0.25, -0.2) is 14.4 Å². The first-order chi connectivity index (χ1) is 52.0. The molecule has 0 bridgehead atoms. The highest BCUT2D eigenvalue weighted by atomic mass is 16.6. The minimum absolute atomic E-state index is 0.0288. The first-order valence-electron chi connectivity index (χ1n) is 36.3. The van der Waals surface area contributed by atoms with Crippen molar-refractivity contribution >= 4 is 81.7 Å². The lowest BCUT2D eigenvalue weighted by Gasteiger charge is -2.31. The second kappa shape index (κ2) is 31.7. The number of nitrogens with one attached hydrogen (secondary N) is 6. The van der Waals surface area contributed by atoms with Crippen molar-refractivity contribution in [2.24, 2.45) is 11.3 Å². The van der Waals surface area contributed by atoms with Gasteiger partial charge in [-0.2, -0.15) is 0 Å². The Labute approximate surface area is 624 Å². The van der Waals surface area contributed by atoms with Crippen LogP contribution in [0.15, 0.2) is 122 Å². The van der Waals surface area contributed by atoms with Gasteiger partial charge in [0.15, 0.2) is 29.2 Å². The number of nitrogens with zero attached hydrogens (tertiary/aromatic N) is 8. The molecule has 1 saturated heterocycles. The summed E-state index contributed by atoms with van der Waals surface area (Å²) in [5, 5.41) is 37.6. The first kappa shape index (κ1) is 74.4. The second-order valence-electron chi connectivity index (χ2n) is 28.7. The number of amides is 9. The summed E-state index contributed by atoms with van der Waals surface area (Å²) < 4.78 is 31.7. The van der Waals surface area contributed by atoms with Crippen molar-refractivity contribution in [3.8, 4) is 45.5 Å². The summed E-state index contributed by atoms with van der Waals surface area (Å²) in [6.45, 7) is 10.9. The number of hydrogen-bond acceptors (Lipinski definition) is 19. The molecule has 29 heteroatoms. The fourth-order valence-electron chi connectivity index (χ4n) is 14.4. The average molecular weight is 1470 g/mol. The van der Waals surface area contributed by atoms with Crippen LogP contribution in [0.1, 0.15) is 129 Å². The lowest BCUT2D eigenvalue weighted by Crippen LogP contribution is -2.55. The second-order valence-corrected chi connectivity index (χ2v) is 28.7. The van der Waals surface area contributed by atoms with E-state index in [4.69, 9.17) is 23.7 Å². The van der Waals surface area contributed by atoms with Gasteiger partial charge < -0.3 is 75.4 Å². The molecule has 5 aliphatic heterocycles. The minimum Gasteiger partial charge on any atom is -0.493 e. The van der Waals surface area contributed by atoms with Crippen molar-refractivity contribution in [2.45, 2.75) is 136 Å². The molecule has 564 valence electrons. The Kier molecular flexibility index (Phi) is 21.8. The summed E-state index contributed by atoms with van der Waals surface area (Å²) in [4.78, 5) is 134. The summed E-state index contributed by atoms with van der Waals surface area (Å²) in [7, 11) is 2.95. The Morgan fingerprint density at radius 3 is 2.12 bits per heavy atom. The molecule has 9 amide bonds. The highest BCUT2D eigenvalue weighted by Crippen LogP contribution is 2.57. The highest BCUT2D eigenvalue weighted by molar-refractivity contribution is 6.07. The van der Waals surface area contributed by atoms with Crippen LogP contribution in [0.25, 0.3) is 28.1 Å². The number of pyridine rings is 1. The van der Waals surface area contributed by atoms with Gasteiger partial charge in [0.2, 0.25) is 35.4 Å². The van der Waals surface area contributed by atoms with Crippen LogP contribution in [-0.2, 0) is 46.7 Å². The summed E-state index contributed by atoms with van der Waals surface area (Å²) in [6.07, 6.45) is 4.16. The Bertz CT molecular complexity index is 4690. The first-order valence-corrected chi connectivity index (χ1v) is 36.3. The van der Waals surface area contributed by atoms with Gasteiger partial charge in [0, 0.05) is 85.4 Å². The molecule has 2 fully saturated rings. The van der Waals surface area contributed by atoms with E-state index in [9.17, 15) is 48.3 Å². The number of aromatic nitrogens is 4. The minimum atomic E-state index is -1.50. The van der Waals surface area contributed by atoms with Gasteiger partial charge in [-0.05, 0) is 123 Å². The van der Waals surface area contributed by atoms with Gasteiger partial charge in [-0.3, -0.25) is 43.3 Å². The maximum absolute atomic E-state index is 14.5. The molecule has 29 nitrogen and oxygen atoms in total. The van der Waals surface area contributed by atoms with Gasteiger partial charge in [0.1, 0.15) is 24.4 Å². The average Bonchev–Trinajstić information content (AvgIpc) is 1.56. The number of methoxy groups -OCH3 is 2. The number of rotatable bonds is 25. The third kappa shape index (κ3) is 15.8. The Balaban J connectivity index is 0.569. The van der Waals surface area contributed by atoms with Crippen LogP contribution in [0.3, 0.4) is 0 Å². The molecule has 1 saturated carbocycles. The molecular weight excluding hydrogens is 1380 g/mol. The molecule has 5 atom stereocenters.